The lowest BCUT2D eigenvalue weighted by Gasteiger charge is -2.28. The number of carboxylic acid groups (broad SMARTS) is 1. The first-order valence-corrected chi connectivity index (χ1v) is 7.27. The summed E-state index contributed by atoms with van der Waals surface area (Å²) in [6.45, 7) is 6.26. The maximum atomic E-state index is 12.7. The summed E-state index contributed by atoms with van der Waals surface area (Å²) in [5, 5.41) is 8.93. The van der Waals surface area contributed by atoms with Gasteiger partial charge in [0.1, 0.15) is 0 Å². The zero-order valence-corrected chi connectivity index (χ0v) is 12.5. The van der Waals surface area contributed by atoms with Crippen LogP contribution in [0.15, 0.2) is 16.9 Å². The first-order chi connectivity index (χ1) is 9.30. The van der Waals surface area contributed by atoms with Gasteiger partial charge in [-0.15, -0.1) is 0 Å². The second kappa shape index (κ2) is 5.43. The molecule has 1 N–H and O–H groups in total. The highest BCUT2D eigenvalue weighted by atomic mass is 16.4. The van der Waals surface area contributed by atoms with Gasteiger partial charge in [0.2, 0.25) is 0 Å². The summed E-state index contributed by atoms with van der Waals surface area (Å²) in [7, 11) is 0. The topological polar surface area (TPSA) is 59.3 Å². The molecular weight excluding hydrogens is 254 g/mol. The fourth-order valence-corrected chi connectivity index (χ4v) is 3.03. The van der Waals surface area contributed by atoms with Gasteiger partial charge in [-0.1, -0.05) is 39.7 Å². The van der Waals surface area contributed by atoms with E-state index >= 15 is 0 Å². The molecule has 0 aromatic carbocycles. The smallest absolute Gasteiger partial charge is 0.308 e. The minimum absolute atomic E-state index is 0.119. The minimum atomic E-state index is -0.955. The number of aliphatic carboxylic acids is 1. The lowest BCUT2D eigenvalue weighted by molar-refractivity contribution is -0.136. The first-order valence-electron chi connectivity index (χ1n) is 7.27. The molecule has 0 unspecified atom stereocenters. The molecule has 1 aromatic rings. The molecule has 2 rings (SSSR count). The van der Waals surface area contributed by atoms with Gasteiger partial charge >= 0.3 is 5.97 Å². The van der Waals surface area contributed by atoms with E-state index in [4.69, 9.17) is 5.11 Å². The van der Waals surface area contributed by atoms with Crippen LogP contribution in [-0.4, -0.2) is 15.6 Å². The zero-order valence-electron chi connectivity index (χ0n) is 12.5. The Morgan fingerprint density at radius 2 is 1.90 bits per heavy atom. The van der Waals surface area contributed by atoms with Gasteiger partial charge in [0.05, 0.1) is 6.42 Å². The third-order valence-electron chi connectivity index (χ3n) is 4.00. The third kappa shape index (κ3) is 2.94. The molecule has 0 saturated heterocycles. The van der Waals surface area contributed by atoms with Crippen LogP contribution < -0.4 is 5.56 Å². The Bertz CT molecular complexity index is 560. The number of pyridine rings is 1. The van der Waals surface area contributed by atoms with E-state index in [9.17, 15) is 9.59 Å². The Hall–Kier alpha value is -1.58. The van der Waals surface area contributed by atoms with Crippen molar-refractivity contribution in [3.8, 4) is 0 Å². The van der Waals surface area contributed by atoms with E-state index in [0.29, 0.717) is 5.56 Å². The summed E-state index contributed by atoms with van der Waals surface area (Å²) in [4.78, 5) is 23.5. The molecule has 0 amide bonds. The molecule has 1 heterocycles. The van der Waals surface area contributed by atoms with Gasteiger partial charge < -0.3 is 9.67 Å². The van der Waals surface area contributed by atoms with E-state index < -0.39 is 5.97 Å². The maximum absolute atomic E-state index is 12.7. The SMILES string of the molecule is CC(C)(C)c1ccc(CC(=O)O)c(=O)n1C1CCCC1. The molecule has 0 radical (unpaired) electrons. The molecule has 4 nitrogen and oxygen atoms in total. The summed E-state index contributed by atoms with van der Waals surface area (Å²) >= 11 is 0. The van der Waals surface area contributed by atoms with Crippen molar-refractivity contribution in [3.05, 3.63) is 33.7 Å². The molecule has 110 valence electrons. The highest BCUT2D eigenvalue weighted by Gasteiger charge is 2.27. The summed E-state index contributed by atoms with van der Waals surface area (Å²) in [6, 6.07) is 3.84. The van der Waals surface area contributed by atoms with Crippen molar-refractivity contribution in [2.45, 2.75) is 64.3 Å². The number of hydrogen-bond acceptors (Lipinski definition) is 2. The molecule has 0 aliphatic heterocycles. The van der Waals surface area contributed by atoms with Crippen molar-refractivity contribution < 1.29 is 9.90 Å². The Labute approximate surface area is 119 Å². The van der Waals surface area contributed by atoms with Crippen LogP contribution in [0.2, 0.25) is 0 Å². The molecule has 20 heavy (non-hydrogen) atoms. The highest BCUT2D eigenvalue weighted by molar-refractivity contribution is 5.70. The van der Waals surface area contributed by atoms with Gasteiger partial charge in [-0.05, 0) is 18.9 Å². The van der Waals surface area contributed by atoms with Crippen molar-refractivity contribution in [2.75, 3.05) is 0 Å². The fraction of sp³-hybridized carbons (Fsp3) is 0.625. The fourth-order valence-electron chi connectivity index (χ4n) is 3.03. The first kappa shape index (κ1) is 14.8. The lowest BCUT2D eigenvalue weighted by atomic mass is 9.90. The van der Waals surface area contributed by atoms with Crippen LogP contribution in [0.25, 0.3) is 0 Å². The highest BCUT2D eigenvalue weighted by Crippen LogP contribution is 2.32. The van der Waals surface area contributed by atoms with E-state index in [1.54, 1.807) is 6.07 Å². The van der Waals surface area contributed by atoms with Gasteiger partial charge in [-0.2, -0.15) is 0 Å². The summed E-state index contributed by atoms with van der Waals surface area (Å²) in [6.07, 6.45) is 4.11. The number of nitrogens with zero attached hydrogens (tertiary/aromatic N) is 1. The van der Waals surface area contributed by atoms with Crippen molar-refractivity contribution in [3.63, 3.8) is 0 Å². The second-order valence-electron chi connectivity index (χ2n) is 6.68. The Morgan fingerprint density at radius 3 is 2.40 bits per heavy atom. The lowest BCUT2D eigenvalue weighted by Crippen LogP contribution is -2.34. The Morgan fingerprint density at radius 1 is 1.30 bits per heavy atom. The minimum Gasteiger partial charge on any atom is -0.481 e. The van der Waals surface area contributed by atoms with Crippen molar-refractivity contribution >= 4 is 5.97 Å². The molecule has 1 aliphatic carbocycles. The molecule has 1 aromatic heterocycles. The quantitative estimate of drug-likeness (QED) is 0.924. The van der Waals surface area contributed by atoms with Gasteiger partial charge in [-0.25, -0.2) is 0 Å². The standard InChI is InChI=1S/C16H23NO3/c1-16(2,3)13-9-8-11(10-14(18)19)15(20)17(13)12-6-4-5-7-12/h8-9,12H,4-7,10H2,1-3H3,(H,18,19). The molecular formula is C16H23NO3. The van der Waals surface area contributed by atoms with Crippen LogP contribution in [0, 0.1) is 0 Å². The average Bonchev–Trinajstić information content (AvgIpc) is 2.82. The van der Waals surface area contributed by atoms with Gasteiger partial charge in [-0.3, -0.25) is 9.59 Å². The van der Waals surface area contributed by atoms with E-state index in [2.05, 4.69) is 20.8 Å². The van der Waals surface area contributed by atoms with Crippen LogP contribution >= 0.6 is 0 Å². The Kier molecular flexibility index (Phi) is 4.02. The zero-order chi connectivity index (χ0) is 14.9. The largest absolute Gasteiger partial charge is 0.481 e. The second-order valence-corrected chi connectivity index (χ2v) is 6.68. The predicted molar refractivity (Wildman–Crippen MR) is 78.2 cm³/mol. The van der Waals surface area contributed by atoms with Crippen LogP contribution in [0.4, 0.5) is 0 Å². The number of carboxylic acids is 1. The third-order valence-corrected chi connectivity index (χ3v) is 4.00. The molecule has 1 aliphatic rings. The van der Waals surface area contributed by atoms with E-state index in [0.717, 1.165) is 31.4 Å². The molecule has 1 fully saturated rings. The summed E-state index contributed by atoms with van der Waals surface area (Å²) in [5.41, 5.74) is 1.15. The number of rotatable bonds is 3. The van der Waals surface area contributed by atoms with Crippen LogP contribution in [-0.2, 0) is 16.6 Å². The van der Waals surface area contributed by atoms with Crippen LogP contribution in [0.1, 0.15) is 63.8 Å². The van der Waals surface area contributed by atoms with E-state index in [-0.39, 0.29) is 23.4 Å². The molecule has 0 atom stereocenters. The van der Waals surface area contributed by atoms with E-state index in [1.807, 2.05) is 10.6 Å². The molecule has 0 spiro atoms. The molecule has 1 saturated carbocycles. The van der Waals surface area contributed by atoms with E-state index in [1.165, 1.54) is 0 Å². The predicted octanol–water partition coefficient (Wildman–Crippen LogP) is 2.89. The summed E-state index contributed by atoms with van der Waals surface area (Å²) in [5.74, 6) is -0.955. The van der Waals surface area contributed by atoms with Crippen LogP contribution in [0.3, 0.4) is 0 Å². The number of carbonyl (C=O) groups is 1. The van der Waals surface area contributed by atoms with Gasteiger partial charge in [0.25, 0.3) is 5.56 Å². The molecule has 4 heteroatoms. The van der Waals surface area contributed by atoms with Crippen LogP contribution in [0.5, 0.6) is 0 Å². The van der Waals surface area contributed by atoms with Crippen molar-refractivity contribution in [1.82, 2.24) is 4.57 Å². The number of hydrogen-bond donors (Lipinski definition) is 1. The van der Waals surface area contributed by atoms with Gasteiger partial charge in [0, 0.05) is 22.7 Å². The number of aromatic nitrogens is 1. The average molecular weight is 277 g/mol. The van der Waals surface area contributed by atoms with Crippen molar-refractivity contribution in [2.24, 2.45) is 0 Å². The Balaban J connectivity index is 2.57. The maximum Gasteiger partial charge on any atom is 0.308 e. The normalized spacial score (nSPS) is 16.6. The monoisotopic (exact) mass is 277 g/mol. The van der Waals surface area contributed by atoms with Gasteiger partial charge in [0.15, 0.2) is 0 Å². The summed E-state index contributed by atoms with van der Waals surface area (Å²) < 4.78 is 1.87. The molecule has 0 bridgehead atoms. The van der Waals surface area contributed by atoms with Crippen molar-refractivity contribution in [1.29, 1.82) is 0 Å².